The molecule has 0 bridgehead atoms. The first-order chi connectivity index (χ1) is 8.29. The van der Waals surface area contributed by atoms with E-state index in [9.17, 15) is 4.79 Å². The van der Waals surface area contributed by atoms with Gasteiger partial charge in [-0.2, -0.15) is 0 Å². The van der Waals surface area contributed by atoms with Crippen LogP contribution >= 0.6 is 0 Å². The van der Waals surface area contributed by atoms with Gasteiger partial charge in [-0.05, 0) is 44.0 Å². The SMILES string of the molecule is CCOc1ccc(C(=O)CCNC2CC2)cc1. The standard InChI is InChI=1S/C14H19NO2/c1-2-17-13-7-3-11(4-8-13)14(16)9-10-15-12-5-6-12/h3-4,7-8,12,15H,2,5-6,9-10H2,1H3. The first kappa shape index (κ1) is 12.1. The second kappa shape index (κ2) is 5.82. The van der Waals surface area contributed by atoms with Gasteiger partial charge in [0.1, 0.15) is 5.75 Å². The van der Waals surface area contributed by atoms with Gasteiger partial charge in [0.05, 0.1) is 6.61 Å². The molecule has 92 valence electrons. The van der Waals surface area contributed by atoms with E-state index in [1.807, 2.05) is 31.2 Å². The molecule has 0 atom stereocenters. The van der Waals surface area contributed by atoms with E-state index < -0.39 is 0 Å². The highest BCUT2D eigenvalue weighted by Crippen LogP contribution is 2.18. The second-order valence-electron chi connectivity index (χ2n) is 4.36. The maximum atomic E-state index is 11.8. The van der Waals surface area contributed by atoms with E-state index in [0.29, 0.717) is 19.1 Å². The zero-order valence-electron chi connectivity index (χ0n) is 10.2. The summed E-state index contributed by atoms with van der Waals surface area (Å²) in [5.41, 5.74) is 0.769. The minimum absolute atomic E-state index is 0.196. The van der Waals surface area contributed by atoms with Gasteiger partial charge >= 0.3 is 0 Å². The monoisotopic (exact) mass is 233 g/mol. The van der Waals surface area contributed by atoms with Gasteiger partial charge in [-0.3, -0.25) is 4.79 Å². The van der Waals surface area contributed by atoms with Crippen molar-refractivity contribution in [3.05, 3.63) is 29.8 Å². The molecule has 0 aliphatic heterocycles. The third kappa shape index (κ3) is 3.86. The number of ether oxygens (including phenoxy) is 1. The lowest BCUT2D eigenvalue weighted by Crippen LogP contribution is -2.20. The molecule has 0 radical (unpaired) electrons. The number of carbonyl (C=O) groups excluding carboxylic acids is 1. The van der Waals surface area contributed by atoms with E-state index in [1.165, 1.54) is 12.8 Å². The number of ketones is 1. The molecule has 1 aliphatic carbocycles. The summed E-state index contributed by atoms with van der Waals surface area (Å²) >= 11 is 0. The smallest absolute Gasteiger partial charge is 0.164 e. The maximum Gasteiger partial charge on any atom is 0.164 e. The Morgan fingerprint density at radius 3 is 2.65 bits per heavy atom. The van der Waals surface area contributed by atoms with Gasteiger partial charge in [0, 0.05) is 24.6 Å². The number of hydrogen-bond donors (Lipinski definition) is 1. The molecule has 1 N–H and O–H groups in total. The van der Waals surface area contributed by atoms with E-state index in [2.05, 4.69) is 5.32 Å². The van der Waals surface area contributed by atoms with Crippen molar-refractivity contribution in [2.24, 2.45) is 0 Å². The van der Waals surface area contributed by atoms with Gasteiger partial charge in [-0.25, -0.2) is 0 Å². The van der Waals surface area contributed by atoms with Crippen LogP contribution in [0.3, 0.4) is 0 Å². The molecule has 1 aromatic carbocycles. The highest BCUT2D eigenvalue weighted by Gasteiger charge is 2.20. The number of rotatable bonds is 7. The number of hydrogen-bond acceptors (Lipinski definition) is 3. The van der Waals surface area contributed by atoms with Gasteiger partial charge in [-0.1, -0.05) is 0 Å². The van der Waals surface area contributed by atoms with Gasteiger partial charge in [0.2, 0.25) is 0 Å². The molecule has 3 nitrogen and oxygen atoms in total. The van der Waals surface area contributed by atoms with E-state index in [1.54, 1.807) is 0 Å². The predicted octanol–water partition coefficient (Wildman–Crippen LogP) is 2.41. The predicted molar refractivity (Wildman–Crippen MR) is 67.6 cm³/mol. The fraction of sp³-hybridized carbons (Fsp3) is 0.500. The van der Waals surface area contributed by atoms with Crippen LogP contribution < -0.4 is 10.1 Å². The van der Waals surface area contributed by atoms with Crippen LogP contribution in [0.2, 0.25) is 0 Å². The molecule has 1 aliphatic rings. The molecular weight excluding hydrogens is 214 g/mol. The summed E-state index contributed by atoms with van der Waals surface area (Å²) in [4.78, 5) is 11.8. The fourth-order valence-electron chi connectivity index (χ4n) is 1.73. The largest absolute Gasteiger partial charge is 0.494 e. The third-order valence-corrected chi connectivity index (χ3v) is 2.85. The summed E-state index contributed by atoms with van der Waals surface area (Å²) in [6.45, 7) is 3.39. The van der Waals surface area contributed by atoms with E-state index in [0.717, 1.165) is 17.9 Å². The first-order valence-electron chi connectivity index (χ1n) is 6.29. The molecule has 1 saturated carbocycles. The van der Waals surface area contributed by atoms with E-state index in [4.69, 9.17) is 4.74 Å². The van der Waals surface area contributed by atoms with E-state index in [-0.39, 0.29) is 5.78 Å². The summed E-state index contributed by atoms with van der Waals surface area (Å²) in [6, 6.07) is 8.05. The minimum Gasteiger partial charge on any atom is -0.494 e. The lowest BCUT2D eigenvalue weighted by Gasteiger charge is -2.05. The van der Waals surface area contributed by atoms with Crippen molar-refractivity contribution in [2.75, 3.05) is 13.2 Å². The molecule has 0 saturated heterocycles. The van der Waals surface area contributed by atoms with E-state index >= 15 is 0 Å². The summed E-state index contributed by atoms with van der Waals surface area (Å²) < 4.78 is 5.34. The molecule has 0 spiro atoms. The molecule has 0 amide bonds. The van der Waals surface area contributed by atoms with Crippen molar-refractivity contribution in [2.45, 2.75) is 32.2 Å². The topological polar surface area (TPSA) is 38.3 Å². The Bertz CT molecular complexity index is 368. The van der Waals surface area contributed by atoms with Crippen molar-refractivity contribution in [3.63, 3.8) is 0 Å². The molecule has 17 heavy (non-hydrogen) atoms. The molecule has 0 heterocycles. The van der Waals surface area contributed by atoms with Gasteiger partial charge in [-0.15, -0.1) is 0 Å². The van der Waals surface area contributed by atoms with Crippen LogP contribution in [0.5, 0.6) is 5.75 Å². The van der Waals surface area contributed by atoms with Crippen LogP contribution in [0.1, 0.15) is 36.5 Å². The van der Waals surface area contributed by atoms with Gasteiger partial charge in [0.25, 0.3) is 0 Å². The molecule has 0 unspecified atom stereocenters. The zero-order chi connectivity index (χ0) is 12.1. The first-order valence-corrected chi connectivity index (χ1v) is 6.29. The fourth-order valence-corrected chi connectivity index (χ4v) is 1.73. The summed E-state index contributed by atoms with van der Waals surface area (Å²) in [6.07, 6.45) is 3.10. The van der Waals surface area contributed by atoms with Gasteiger partial charge in [0.15, 0.2) is 5.78 Å². The number of benzene rings is 1. The Hall–Kier alpha value is -1.35. The Balaban J connectivity index is 1.80. The highest BCUT2D eigenvalue weighted by molar-refractivity contribution is 5.96. The quantitative estimate of drug-likeness (QED) is 0.735. The number of carbonyl (C=O) groups is 1. The normalized spacial score (nSPS) is 14.6. The van der Waals surface area contributed by atoms with Crippen LogP contribution in [-0.4, -0.2) is 25.0 Å². The van der Waals surface area contributed by atoms with Crippen LogP contribution in [0.15, 0.2) is 24.3 Å². The summed E-state index contributed by atoms with van der Waals surface area (Å²) in [7, 11) is 0. The molecule has 2 rings (SSSR count). The van der Waals surface area contributed by atoms with Crippen molar-refractivity contribution >= 4 is 5.78 Å². The van der Waals surface area contributed by atoms with Crippen LogP contribution in [0.25, 0.3) is 0 Å². The molecular formula is C14H19NO2. The van der Waals surface area contributed by atoms with Crippen molar-refractivity contribution in [1.29, 1.82) is 0 Å². The Labute approximate surface area is 102 Å². The molecule has 0 aromatic heterocycles. The Morgan fingerprint density at radius 1 is 1.35 bits per heavy atom. The minimum atomic E-state index is 0.196. The third-order valence-electron chi connectivity index (χ3n) is 2.85. The van der Waals surface area contributed by atoms with Crippen molar-refractivity contribution < 1.29 is 9.53 Å². The lowest BCUT2D eigenvalue weighted by molar-refractivity contribution is 0.0982. The Morgan fingerprint density at radius 2 is 2.06 bits per heavy atom. The highest BCUT2D eigenvalue weighted by atomic mass is 16.5. The zero-order valence-corrected chi connectivity index (χ0v) is 10.2. The lowest BCUT2D eigenvalue weighted by atomic mass is 10.1. The summed E-state index contributed by atoms with van der Waals surface area (Å²) in [5.74, 6) is 1.02. The maximum absolute atomic E-state index is 11.8. The second-order valence-corrected chi connectivity index (χ2v) is 4.36. The van der Waals surface area contributed by atoms with Crippen molar-refractivity contribution in [1.82, 2.24) is 5.32 Å². The van der Waals surface area contributed by atoms with Crippen LogP contribution in [0.4, 0.5) is 0 Å². The molecule has 3 heteroatoms. The van der Waals surface area contributed by atoms with Gasteiger partial charge < -0.3 is 10.1 Å². The number of nitrogens with one attached hydrogen (secondary N) is 1. The molecule has 1 fully saturated rings. The average molecular weight is 233 g/mol. The number of Topliss-reactive ketones (excluding diaryl/α,β-unsaturated/α-hetero) is 1. The Kier molecular flexibility index (Phi) is 4.15. The van der Waals surface area contributed by atoms with Crippen LogP contribution in [-0.2, 0) is 0 Å². The average Bonchev–Trinajstić information content (AvgIpc) is 3.14. The summed E-state index contributed by atoms with van der Waals surface area (Å²) in [5, 5.41) is 3.34. The van der Waals surface area contributed by atoms with Crippen LogP contribution in [0, 0.1) is 0 Å². The molecule has 1 aromatic rings. The van der Waals surface area contributed by atoms with Crippen molar-refractivity contribution in [3.8, 4) is 5.75 Å².